The maximum absolute atomic E-state index is 12.2. The van der Waals surface area contributed by atoms with Crippen molar-refractivity contribution in [1.29, 1.82) is 0 Å². The van der Waals surface area contributed by atoms with Gasteiger partial charge in [0.05, 0.1) is 13.5 Å². The van der Waals surface area contributed by atoms with Gasteiger partial charge in [-0.05, 0) is 49.1 Å². The van der Waals surface area contributed by atoms with Crippen LogP contribution in [-0.4, -0.2) is 26.1 Å². The fourth-order valence-corrected chi connectivity index (χ4v) is 3.07. The molecule has 1 aliphatic rings. The average molecular weight is 324 g/mol. The standard InChI is InChI=1S/C20H24N2O2/c1-24-19-7-5-6-17(15-19)21-20(23)14-16-8-10-18(11-9-16)22-12-3-2-4-13-22/h5-11,15H,2-4,12-14H2,1H3,(H,21,23). The summed E-state index contributed by atoms with van der Waals surface area (Å²) >= 11 is 0. The molecule has 0 aromatic heterocycles. The number of anilines is 2. The lowest BCUT2D eigenvalue weighted by atomic mass is 10.1. The lowest BCUT2D eigenvalue weighted by Crippen LogP contribution is -2.29. The van der Waals surface area contributed by atoms with Crippen LogP contribution in [0.2, 0.25) is 0 Å². The summed E-state index contributed by atoms with van der Waals surface area (Å²) < 4.78 is 5.17. The molecule has 1 saturated heterocycles. The van der Waals surface area contributed by atoms with Crippen LogP contribution in [0.3, 0.4) is 0 Å². The predicted octanol–water partition coefficient (Wildman–Crippen LogP) is 3.87. The van der Waals surface area contributed by atoms with Crippen LogP contribution in [0.25, 0.3) is 0 Å². The maximum atomic E-state index is 12.2. The number of piperidine rings is 1. The number of benzene rings is 2. The third kappa shape index (κ3) is 4.28. The van der Waals surface area contributed by atoms with Crippen LogP contribution in [-0.2, 0) is 11.2 Å². The fourth-order valence-electron chi connectivity index (χ4n) is 3.07. The summed E-state index contributed by atoms with van der Waals surface area (Å²) in [4.78, 5) is 14.6. The molecular weight excluding hydrogens is 300 g/mol. The number of methoxy groups -OCH3 is 1. The van der Waals surface area contributed by atoms with Gasteiger partial charge in [0.2, 0.25) is 5.91 Å². The molecule has 1 fully saturated rings. The number of nitrogens with zero attached hydrogens (tertiary/aromatic N) is 1. The minimum atomic E-state index is -0.0195. The van der Waals surface area contributed by atoms with Crippen LogP contribution < -0.4 is 15.0 Å². The zero-order chi connectivity index (χ0) is 16.8. The van der Waals surface area contributed by atoms with Crippen LogP contribution in [0.4, 0.5) is 11.4 Å². The Kier molecular flexibility index (Phi) is 5.36. The van der Waals surface area contributed by atoms with E-state index in [0.717, 1.165) is 30.1 Å². The summed E-state index contributed by atoms with van der Waals surface area (Å²) in [6, 6.07) is 15.7. The zero-order valence-corrected chi connectivity index (χ0v) is 14.1. The summed E-state index contributed by atoms with van der Waals surface area (Å²) in [5.74, 6) is 0.715. The van der Waals surface area contributed by atoms with Gasteiger partial charge in [-0.15, -0.1) is 0 Å². The average Bonchev–Trinajstić information content (AvgIpc) is 2.63. The molecule has 3 rings (SSSR count). The molecule has 2 aromatic rings. The Morgan fingerprint density at radius 3 is 2.54 bits per heavy atom. The number of hydrogen-bond donors (Lipinski definition) is 1. The molecule has 4 heteroatoms. The molecule has 1 amide bonds. The number of rotatable bonds is 5. The molecular formula is C20H24N2O2. The van der Waals surface area contributed by atoms with E-state index in [1.54, 1.807) is 7.11 Å². The Bertz CT molecular complexity index is 676. The summed E-state index contributed by atoms with van der Waals surface area (Å²) in [5, 5.41) is 2.91. The first-order chi connectivity index (χ1) is 11.7. The molecule has 24 heavy (non-hydrogen) atoms. The number of nitrogens with one attached hydrogen (secondary N) is 1. The second-order valence-corrected chi connectivity index (χ2v) is 6.17. The second-order valence-electron chi connectivity index (χ2n) is 6.17. The molecule has 0 saturated carbocycles. The van der Waals surface area contributed by atoms with Gasteiger partial charge in [-0.2, -0.15) is 0 Å². The van der Waals surface area contributed by atoms with Crippen LogP contribution in [0, 0.1) is 0 Å². The van der Waals surface area contributed by atoms with Crippen molar-refractivity contribution in [2.24, 2.45) is 0 Å². The van der Waals surface area contributed by atoms with E-state index in [-0.39, 0.29) is 5.91 Å². The highest BCUT2D eigenvalue weighted by Gasteiger charge is 2.11. The number of ether oxygens (including phenoxy) is 1. The van der Waals surface area contributed by atoms with Crippen molar-refractivity contribution in [2.45, 2.75) is 25.7 Å². The summed E-state index contributed by atoms with van der Waals surface area (Å²) in [6.45, 7) is 2.27. The maximum Gasteiger partial charge on any atom is 0.228 e. The number of carbonyl (C=O) groups is 1. The minimum Gasteiger partial charge on any atom is -0.497 e. The third-order valence-corrected chi connectivity index (χ3v) is 4.38. The van der Waals surface area contributed by atoms with Crippen LogP contribution >= 0.6 is 0 Å². The Labute approximate surface area is 143 Å². The van der Waals surface area contributed by atoms with Crippen molar-refractivity contribution in [1.82, 2.24) is 0 Å². The van der Waals surface area contributed by atoms with E-state index in [2.05, 4.69) is 34.5 Å². The minimum absolute atomic E-state index is 0.0195. The summed E-state index contributed by atoms with van der Waals surface area (Å²) in [6.07, 6.45) is 4.24. The van der Waals surface area contributed by atoms with Crippen molar-refractivity contribution in [3.05, 3.63) is 54.1 Å². The first kappa shape index (κ1) is 16.4. The topological polar surface area (TPSA) is 41.6 Å². The SMILES string of the molecule is COc1cccc(NC(=O)Cc2ccc(N3CCCCC3)cc2)c1. The van der Waals surface area contributed by atoms with Gasteiger partial charge in [-0.3, -0.25) is 4.79 Å². The molecule has 2 aromatic carbocycles. The summed E-state index contributed by atoms with van der Waals surface area (Å²) in [7, 11) is 1.62. The first-order valence-corrected chi connectivity index (χ1v) is 8.52. The highest BCUT2D eigenvalue weighted by molar-refractivity contribution is 5.92. The van der Waals surface area contributed by atoms with Crippen LogP contribution in [0.1, 0.15) is 24.8 Å². The number of amides is 1. The highest BCUT2D eigenvalue weighted by Crippen LogP contribution is 2.21. The molecule has 0 atom stereocenters. The number of carbonyl (C=O) groups excluding carboxylic acids is 1. The van der Waals surface area contributed by atoms with E-state index >= 15 is 0 Å². The molecule has 1 N–H and O–H groups in total. The van der Waals surface area contributed by atoms with Gasteiger partial charge in [-0.25, -0.2) is 0 Å². The smallest absolute Gasteiger partial charge is 0.228 e. The molecule has 1 aliphatic heterocycles. The molecule has 1 heterocycles. The lowest BCUT2D eigenvalue weighted by molar-refractivity contribution is -0.115. The molecule has 0 bridgehead atoms. The van der Waals surface area contributed by atoms with Gasteiger partial charge < -0.3 is 15.0 Å². The van der Waals surface area contributed by atoms with Gasteiger partial charge in [0, 0.05) is 30.5 Å². The molecule has 4 nitrogen and oxygen atoms in total. The van der Waals surface area contributed by atoms with Crippen molar-refractivity contribution >= 4 is 17.3 Å². The van der Waals surface area contributed by atoms with Crippen molar-refractivity contribution in [2.75, 3.05) is 30.4 Å². The molecule has 0 unspecified atom stereocenters. The number of hydrogen-bond acceptors (Lipinski definition) is 3. The molecule has 126 valence electrons. The Balaban J connectivity index is 1.57. The van der Waals surface area contributed by atoms with Gasteiger partial charge in [0.25, 0.3) is 0 Å². The molecule has 0 spiro atoms. The first-order valence-electron chi connectivity index (χ1n) is 8.52. The van der Waals surface area contributed by atoms with Gasteiger partial charge in [0.15, 0.2) is 0 Å². The third-order valence-electron chi connectivity index (χ3n) is 4.38. The van der Waals surface area contributed by atoms with Gasteiger partial charge in [0.1, 0.15) is 5.75 Å². The van der Waals surface area contributed by atoms with Gasteiger partial charge in [-0.1, -0.05) is 18.2 Å². The van der Waals surface area contributed by atoms with Crippen molar-refractivity contribution in [3.8, 4) is 5.75 Å². The second kappa shape index (κ2) is 7.86. The zero-order valence-electron chi connectivity index (χ0n) is 14.1. The monoisotopic (exact) mass is 324 g/mol. The normalized spacial score (nSPS) is 14.3. The highest BCUT2D eigenvalue weighted by atomic mass is 16.5. The van der Waals surface area contributed by atoms with E-state index in [0.29, 0.717) is 6.42 Å². The van der Waals surface area contributed by atoms with Crippen molar-refractivity contribution in [3.63, 3.8) is 0 Å². The molecule has 0 aliphatic carbocycles. The lowest BCUT2D eigenvalue weighted by Gasteiger charge is -2.28. The van der Waals surface area contributed by atoms with E-state index in [1.807, 2.05) is 24.3 Å². The molecule has 0 radical (unpaired) electrons. The van der Waals surface area contributed by atoms with Crippen LogP contribution in [0.15, 0.2) is 48.5 Å². The van der Waals surface area contributed by atoms with Crippen LogP contribution in [0.5, 0.6) is 5.75 Å². The predicted molar refractivity (Wildman–Crippen MR) is 97.8 cm³/mol. The quantitative estimate of drug-likeness (QED) is 0.908. The van der Waals surface area contributed by atoms with E-state index < -0.39 is 0 Å². The summed E-state index contributed by atoms with van der Waals surface area (Å²) in [5.41, 5.74) is 3.03. The Morgan fingerprint density at radius 1 is 1.08 bits per heavy atom. The largest absolute Gasteiger partial charge is 0.497 e. The van der Waals surface area contributed by atoms with E-state index in [1.165, 1.54) is 24.9 Å². The van der Waals surface area contributed by atoms with Crippen molar-refractivity contribution < 1.29 is 9.53 Å². The van der Waals surface area contributed by atoms with E-state index in [4.69, 9.17) is 4.74 Å². The van der Waals surface area contributed by atoms with E-state index in [9.17, 15) is 4.79 Å². The Morgan fingerprint density at radius 2 is 1.83 bits per heavy atom. The Hall–Kier alpha value is -2.49. The van der Waals surface area contributed by atoms with Gasteiger partial charge >= 0.3 is 0 Å². The fraction of sp³-hybridized carbons (Fsp3) is 0.350.